The number of ether oxygens (including phenoxy) is 1. The predicted molar refractivity (Wildman–Crippen MR) is 112 cm³/mol. The van der Waals surface area contributed by atoms with E-state index >= 15 is 0 Å². The first-order valence-corrected chi connectivity index (χ1v) is 9.48. The maximum Gasteiger partial charge on any atom is 0.211 e. The first-order chi connectivity index (χ1) is 14.6. The third-order valence-corrected chi connectivity index (χ3v) is 5.13. The Labute approximate surface area is 173 Å². The quantitative estimate of drug-likeness (QED) is 0.431. The van der Waals surface area contributed by atoms with Gasteiger partial charge in [-0.15, -0.1) is 0 Å². The Morgan fingerprint density at radius 2 is 2.07 bits per heavy atom. The zero-order chi connectivity index (χ0) is 21.1. The smallest absolute Gasteiger partial charge is 0.211 e. The van der Waals surface area contributed by atoms with E-state index < -0.39 is 6.04 Å². The Balaban J connectivity index is 1.75. The van der Waals surface area contributed by atoms with Crippen molar-refractivity contribution >= 4 is 23.3 Å². The molecular formula is C20H21N9O. The average molecular weight is 403 g/mol. The third kappa shape index (κ3) is 3.70. The summed E-state index contributed by atoms with van der Waals surface area (Å²) in [6, 6.07) is 9.50. The number of hydrogen-bond donors (Lipinski definition) is 4. The van der Waals surface area contributed by atoms with Gasteiger partial charge in [-0.1, -0.05) is 24.3 Å². The van der Waals surface area contributed by atoms with Crippen LogP contribution in [0.5, 0.6) is 0 Å². The van der Waals surface area contributed by atoms with Gasteiger partial charge in [-0.25, -0.2) is 9.98 Å². The van der Waals surface area contributed by atoms with Crippen molar-refractivity contribution in [1.82, 2.24) is 15.2 Å². The molecule has 1 aromatic carbocycles. The van der Waals surface area contributed by atoms with E-state index in [9.17, 15) is 5.26 Å². The van der Waals surface area contributed by atoms with Crippen LogP contribution in [0.3, 0.4) is 0 Å². The Morgan fingerprint density at radius 3 is 2.80 bits per heavy atom. The number of pyridine rings is 1. The average Bonchev–Trinajstić information content (AvgIpc) is 2.74. The lowest BCUT2D eigenvalue weighted by Gasteiger charge is -2.28. The molecule has 0 amide bonds. The number of aliphatic imine (C=N–C) groups is 1. The van der Waals surface area contributed by atoms with Gasteiger partial charge in [-0.3, -0.25) is 10.2 Å². The third-order valence-electron chi connectivity index (χ3n) is 5.13. The molecule has 1 atom stereocenters. The number of fused-ring (bicyclic) bond motifs is 1. The minimum absolute atomic E-state index is 0.0271. The summed E-state index contributed by atoms with van der Waals surface area (Å²) in [4.78, 5) is 11.2. The van der Waals surface area contributed by atoms with Crippen LogP contribution in [-0.4, -0.2) is 42.1 Å². The number of benzene rings is 1. The van der Waals surface area contributed by atoms with Gasteiger partial charge in [0.1, 0.15) is 29.3 Å². The second kappa shape index (κ2) is 8.25. The van der Waals surface area contributed by atoms with Crippen LogP contribution in [0.15, 0.2) is 29.3 Å². The fourth-order valence-corrected chi connectivity index (χ4v) is 3.70. The van der Waals surface area contributed by atoms with Crippen molar-refractivity contribution in [2.75, 3.05) is 43.1 Å². The van der Waals surface area contributed by atoms with Gasteiger partial charge >= 0.3 is 0 Å². The molecule has 0 spiro atoms. The lowest BCUT2D eigenvalue weighted by molar-refractivity contribution is 0.0342. The van der Waals surface area contributed by atoms with Crippen LogP contribution in [0.25, 0.3) is 0 Å². The maximum absolute atomic E-state index is 9.44. The molecule has 10 nitrogen and oxygen atoms in total. The molecule has 6 N–H and O–H groups in total. The largest absolute Gasteiger partial charge is 0.397 e. The van der Waals surface area contributed by atoms with Crippen molar-refractivity contribution in [2.45, 2.75) is 12.6 Å². The lowest BCUT2D eigenvalue weighted by atomic mass is 9.94. The van der Waals surface area contributed by atoms with Crippen molar-refractivity contribution in [3.63, 3.8) is 0 Å². The molecule has 3 heterocycles. The Morgan fingerprint density at radius 1 is 1.27 bits per heavy atom. The molecular weight excluding hydrogens is 382 g/mol. The molecule has 0 bridgehead atoms. The molecule has 2 aliphatic rings. The van der Waals surface area contributed by atoms with Gasteiger partial charge in [0, 0.05) is 25.2 Å². The van der Waals surface area contributed by atoms with Gasteiger partial charge in [0.2, 0.25) is 5.96 Å². The van der Waals surface area contributed by atoms with Gasteiger partial charge in [0.05, 0.1) is 18.9 Å². The highest BCUT2D eigenvalue weighted by molar-refractivity contribution is 5.98. The molecule has 4 rings (SSSR count). The SMILES string of the molecule is N#CNC1=NC(c2cccc(CN3CCOCC3)c2)c2c(nc(N)c(C#N)c2N)N1. The van der Waals surface area contributed by atoms with E-state index in [-0.39, 0.29) is 23.0 Å². The summed E-state index contributed by atoms with van der Waals surface area (Å²) in [6.07, 6.45) is 1.85. The summed E-state index contributed by atoms with van der Waals surface area (Å²) in [5.74, 6) is 0.643. The number of nitrogens with two attached hydrogens (primary N) is 2. The van der Waals surface area contributed by atoms with E-state index in [0.717, 1.165) is 44.0 Å². The Kier molecular flexibility index (Phi) is 5.35. The number of nitrogens with one attached hydrogen (secondary N) is 2. The zero-order valence-electron chi connectivity index (χ0n) is 16.2. The minimum atomic E-state index is -0.540. The standard InChI is InChI=1S/C20H21N9O/c21-9-14-16(23)15-17(26-20(25-11-22)28-19(15)27-18(14)24)13-3-1-2-12(8-13)10-29-4-6-30-7-5-29/h1-3,8,17H,4-7,10H2,(H6,23,24,25,26,27,28). The van der Waals surface area contributed by atoms with Crippen LogP contribution in [0.4, 0.5) is 17.3 Å². The Hall–Kier alpha value is -3.86. The highest BCUT2D eigenvalue weighted by Crippen LogP contribution is 2.40. The normalized spacial score (nSPS) is 18.3. The first kappa shape index (κ1) is 19.5. The van der Waals surface area contributed by atoms with Crippen LogP contribution < -0.4 is 22.1 Å². The first-order valence-electron chi connectivity index (χ1n) is 9.48. The van der Waals surface area contributed by atoms with E-state index in [2.05, 4.69) is 37.6 Å². The van der Waals surface area contributed by atoms with Gasteiger partial charge < -0.3 is 21.5 Å². The number of guanidine groups is 1. The summed E-state index contributed by atoms with van der Waals surface area (Å²) in [7, 11) is 0. The molecule has 152 valence electrons. The molecule has 2 aliphatic heterocycles. The number of hydrogen-bond acceptors (Lipinski definition) is 10. The number of anilines is 3. The summed E-state index contributed by atoms with van der Waals surface area (Å²) in [5.41, 5.74) is 15.1. The zero-order valence-corrected chi connectivity index (χ0v) is 16.2. The molecule has 2 aromatic rings. The van der Waals surface area contributed by atoms with E-state index in [0.29, 0.717) is 11.4 Å². The molecule has 1 unspecified atom stereocenters. The second-order valence-corrected chi connectivity index (χ2v) is 7.04. The predicted octanol–water partition coefficient (Wildman–Crippen LogP) is 0.891. The van der Waals surface area contributed by atoms with Crippen molar-refractivity contribution in [1.29, 1.82) is 10.5 Å². The monoisotopic (exact) mass is 403 g/mol. The molecule has 1 aromatic heterocycles. The molecule has 0 radical (unpaired) electrons. The fourth-order valence-electron chi connectivity index (χ4n) is 3.70. The minimum Gasteiger partial charge on any atom is -0.397 e. The lowest BCUT2D eigenvalue weighted by Crippen LogP contribution is -2.35. The second-order valence-electron chi connectivity index (χ2n) is 7.04. The molecule has 0 saturated carbocycles. The van der Waals surface area contributed by atoms with Crippen LogP contribution in [0.2, 0.25) is 0 Å². The fraction of sp³-hybridized carbons (Fsp3) is 0.300. The van der Waals surface area contributed by atoms with Crippen LogP contribution in [-0.2, 0) is 11.3 Å². The van der Waals surface area contributed by atoms with Crippen LogP contribution in [0.1, 0.15) is 28.3 Å². The highest BCUT2D eigenvalue weighted by atomic mass is 16.5. The maximum atomic E-state index is 9.44. The van der Waals surface area contributed by atoms with Crippen molar-refractivity contribution in [3.05, 3.63) is 46.5 Å². The van der Waals surface area contributed by atoms with Crippen molar-refractivity contribution in [3.8, 4) is 12.3 Å². The van der Waals surface area contributed by atoms with Crippen LogP contribution >= 0.6 is 0 Å². The topological polar surface area (TPSA) is 161 Å². The molecule has 1 saturated heterocycles. The number of morpholine rings is 1. The molecule has 30 heavy (non-hydrogen) atoms. The summed E-state index contributed by atoms with van der Waals surface area (Å²) in [6.45, 7) is 4.03. The molecule has 1 fully saturated rings. The van der Waals surface area contributed by atoms with Gasteiger partial charge in [0.25, 0.3) is 0 Å². The van der Waals surface area contributed by atoms with Gasteiger partial charge in [0.15, 0.2) is 6.19 Å². The summed E-state index contributed by atoms with van der Waals surface area (Å²) < 4.78 is 5.42. The number of aromatic nitrogens is 1. The van der Waals surface area contributed by atoms with Gasteiger partial charge in [-0.05, 0) is 11.1 Å². The Bertz CT molecular complexity index is 1080. The van der Waals surface area contributed by atoms with Gasteiger partial charge in [-0.2, -0.15) is 10.5 Å². The van der Waals surface area contributed by atoms with Crippen molar-refractivity contribution in [2.24, 2.45) is 4.99 Å². The van der Waals surface area contributed by atoms with E-state index in [4.69, 9.17) is 21.5 Å². The highest BCUT2D eigenvalue weighted by Gasteiger charge is 2.29. The molecule has 0 aliphatic carbocycles. The number of rotatable bonds is 3. The van der Waals surface area contributed by atoms with E-state index in [1.807, 2.05) is 24.4 Å². The number of nitrogen functional groups attached to an aromatic ring is 2. The van der Waals surface area contributed by atoms with E-state index in [1.54, 1.807) is 0 Å². The number of nitrogens with zero attached hydrogens (tertiary/aromatic N) is 5. The van der Waals surface area contributed by atoms with E-state index in [1.165, 1.54) is 0 Å². The summed E-state index contributed by atoms with van der Waals surface area (Å²) in [5, 5.41) is 23.9. The summed E-state index contributed by atoms with van der Waals surface area (Å²) >= 11 is 0. The number of nitriles is 2. The molecule has 10 heteroatoms. The van der Waals surface area contributed by atoms with Crippen molar-refractivity contribution < 1.29 is 4.74 Å². The van der Waals surface area contributed by atoms with Crippen LogP contribution in [0, 0.1) is 22.8 Å².